The number of hydrogen-bond acceptors (Lipinski definition) is 5. The highest BCUT2D eigenvalue weighted by Gasteiger charge is 2.22. The van der Waals surface area contributed by atoms with Crippen molar-refractivity contribution in [2.24, 2.45) is 0 Å². The third kappa shape index (κ3) is 4.54. The summed E-state index contributed by atoms with van der Waals surface area (Å²) in [5.74, 6) is 1.45. The molecule has 3 aromatic rings. The first-order valence-corrected chi connectivity index (χ1v) is 9.78. The lowest BCUT2D eigenvalue weighted by Crippen LogP contribution is -2.36. The fraction of sp³-hybridized carbons (Fsp3) is 0.261. The molecule has 1 aromatic heterocycles. The number of anilines is 1. The van der Waals surface area contributed by atoms with Gasteiger partial charge in [0.2, 0.25) is 0 Å². The Hall–Kier alpha value is -3.41. The Morgan fingerprint density at radius 1 is 1.10 bits per heavy atom. The molecule has 148 valence electrons. The zero-order valence-electron chi connectivity index (χ0n) is 16.5. The number of fused-ring (bicyclic) bond motifs is 1. The van der Waals surface area contributed by atoms with Gasteiger partial charge in [0.25, 0.3) is 5.91 Å². The second-order valence-electron chi connectivity index (χ2n) is 7.06. The fourth-order valence-corrected chi connectivity index (χ4v) is 3.56. The van der Waals surface area contributed by atoms with Crippen LogP contribution in [0.3, 0.4) is 0 Å². The van der Waals surface area contributed by atoms with Crippen LogP contribution in [0.1, 0.15) is 27.2 Å². The van der Waals surface area contributed by atoms with Gasteiger partial charge in [-0.15, -0.1) is 0 Å². The van der Waals surface area contributed by atoms with E-state index in [4.69, 9.17) is 4.74 Å². The van der Waals surface area contributed by atoms with Gasteiger partial charge in [-0.2, -0.15) is 0 Å². The quantitative estimate of drug-likeness (QED) is 0.702. The van der Waals surface area contributed by atoms with Crippen LogP contribution in [0.25, 0.3) is 0 Å². The first kappa shape index (κ1) is 18.9. The predicted octanol–water partition coefficient (Wildman–Crippen LogP) is 3.34. The van der Waals surface area contributed by atoms with Crippen LogP contribution < -0.4 is 10.1 Å². The van der Waals surface area contributed by atoms with Crippen molar-refractivity contribution in [1.82, 2.24) is 14.9 Å². The number of carbonyl (C=O) groups excluding carboxylic acids is 1. The van der Waals surface area contributed by atoms with Crippen LogP contribution in [-0.2, 0) is 19.4 Å². The van der Waals surface area contributed by atoms with E-state index in [2.05, 4.69) is 33.5 Å². The molecule has 0 fully saturated rings. The molecule has 0 saturated carbocycles. The van der Waals surface area contributed by atoms with Crippen LogP contribution in [0, 0.1) is 0 Å². The number of nitrogens with one attached hydrogen (secondary N) is 1. The first-order valence-electron chi connectivity index (χ1n) is 9.78. The van der Waals surface area contributed by atoms with Gasteiger partial charge in [-0.05, 0) is 41.7 Å². The number of amides is 1. The van der Waals surface area contributed by atoms with Crippen molar-refractivity contribution >= 4 is 11.7 Å². The van der Waals surface area contributed by atoms with Crippen molar-refractivity contribution < 1.29 is 9.53 Å². The van der Waals surface area contributed by atoms with Gasteiger partial charge in [0.05, 0.1) is 7.11 Å². The average Bonchev–Trinajstić information content (AvgIpc) is 2.78. The minimum Gasteiger partial charge on any atom is -0.497 e. The number of ether oxygens (including phenoxy) is 1. The summed E-state index contributed by atoms with van der Waals surface area (Å²) in [5, 5.41) is 3.28. The standard InChI is InChI=1S/C23H24N4O2/c1-29-20-8-4-5-17(13-20)9-11-24-22-14-21(25-16-26-22)23(28)27-12-10-18-6-2-3-7-19(18)15-27/h2-8,13-14,16H,9-12,15H2,1H3,(H,24,25,26). The second kappa shape index (κ2) is 8.73. The molecule has 0 saturated heterocycles. The smallest absolute Gasteiger partial charge is 0.272 e. The SMILES string of the molecule is COc1cccc(CCNc2cc(C(=O)N3CCc4ccccc4C3)ncn2)c1. The lowest BCUT2D eigenvalue weighted by atomic mass is 10.00. The molecule has 0 aliphatic carbocycles. The molecule has 2 aromatic carbocycles. The van der Waals surface area contributed by atoms with Crippen LogP contribution in [-0.4, -0.2) is 41.0 Å². The molecular weight excluding hydrogens is 364 g/mol. The van der Waals surface area contributed by atoms with Crippen LogP contribution in [0.15, 0.2) is 60.9 Å². The zero-order valence-corrected chi connectivity index (χ0v) is 16.5. The summed E-state index contributed by atoms with van der Waals surface area (Å²) in [5.41, 5.74) is 4.12. The average molecular weight is 388 g/mol. The van der Waals surface area contributed by atoms with E-state index in [1.165, 1.54) is 23.0 Å². The normalized spacial score (nSPS) is 12.9. The summed E-state index contributed by atoms with van der Waals surface area (Å²) in [7, 11) is 1.66. The van der Waals surface area contributed by atoms with Crippen LogP contribution in [0.2, 0.25) is 0 Å². The van der Waals surface area contributed by atoms with E-state index in [1.54, 1.807) is 13.2 Å². The maximum Gasteiger partial charge on any atom is 0.272 e. The number of hydrogen-bond donors (Lipinski definition) is 1. The summed E-state index contributed by atoms with van der Waals surface area (Å²) in [4.78, 5) is 23.2. The highest BCUT2D eigenvalue weighted by molar-refractivity contribution is 5.93. The fourth-order valence-electron chi connectivity index (χ4n) is 3.56. The van der Waals surface area contributed by atoms with E-state index in [9.17, 15) is 4.79 Å². The molecule has 0 radical (unpaired) electrons. The maximum absolute atomic E-state index is 12.9. The Bertz CT molecular complexity index is 1010. The van der Waals surface area contributed by atoms with E-state index < -0.39 is 0 Å². The summed E-state index contributed by atoms with van der Waals surface area (Å²) in [6.07, 6.45) is 3.14. The van der Waals surface area contributed by atoms with Gasteiger partial charge in [-0.3, -0.25) is 4.79 Å². The Morgan fingerprint density at radius 3 is 2.83 bits per heavy atom. The predicted molar refractivity (Wildman–Crippen MR) is 112 cm³/mol. The maximum atomic E-state index is 12.9. The number of methoxy groups -OCH3 is 1. The van der Waals surface area contributed by atoms with Crippen molar-refractivity contribution in [3.63, 3.8) is 0 Å². The summed E-state index contributed by atoms with van der Waals surface area (Å²) < 4.78 is 5.26. The minimum atomic E-state index is -0.0576. The van der Waals surface area contributed by atoms with E-state index in [-0.39, 0.29) is 5.91 Å². The van der Waals surface area contributed by atoms with Crippen molar-refractivity contribution in [1.29, 1.82) is 0 Å². The molecule has 29 heavy (non-hydrogen) atoms. The van der Waals surface area contributed by atoms with Crippen LogP contribution >= 0.6 is 0 Å². The molecule has 2 heterocycles. The summed E-state index contributed by atoms with van der Waals surface area (Å²) in [6, 6.07) is 18.0. The van der Waals surface area contributed by atoms with E-state index in [1.807, 2.05) is 35.2 Å². The highest BCUT2D eigenvalue weighted by atomic mass is 16.5. The lowest BCUT2D eigenvalue weighted by Gasteiger charge is -2.28. The van der Waals surface area contributed by atoms with Gasteiger partial charge >= 0.3 is 0 Å². The molecule has 4 rings (SSSR count). The molecule has 6 nitrogen and oxygen atoms in total. The summed E-state index contributed by atoms with van der Waals surface area (Å²) in [6.45, 7) is 2.03. The Balaban J connectivity index is 1.37. The number of nitrogens with zero attached hydrogens (tertiary/aromatic N) is 3. The Labute approximate surface area is 170 Å². The molecule has 0 atom stereocenters. The Kier molecular flexibility index (Phi) is 5.70. The lowest BCUT2D eigenvalue weighted by molar-refractivity contribution is 0.0728. The highest BCUT2D eigenvalue weighted by Crippen LogP contribution is 2.20. The topological polar surface area (TPSA) is 67.3 Å². The van der Waals surface area contributed by atoms with E-state index in [0.29, 0.717) is 31.1 Å². The second-order valence-corrected chi connectivity index (χ2v) is 7.06. The molecule has 0 bridgehead atoms. The Morgan fingerprint density at radius 2 is 1.97 bits per heavy atom. The van der Waals surface area contributed by atoms with Crippen LogP contribution in [0.4, 0.5) is 5.82 Å². The number of rotatable bonds is 6. The molecule has 1 aliphatic heterocycles. The molecule has 0 unspecified atom stereocenters. The van der Waals surface area contributed by atoms with Gasteiger partial charge in [-0.1, -0.05) is 36.4 Å². The van der Waals surface area contributed by atoms with Gasteiger partial charge < -0.3 is 15.0 Å². The largest absolute Gasteiger partial charge is 0.497 e. The van der Waals surface area contributed by atoms with Gasteiger partial charge in [0.1, 0.15) is 23.6 Å². The number of benzene rings is 2. The number of carbonyl (C=O) groups is 1. The minimum absolute atomic E-state index is 0.0576. The van der Waals surface area contributed by atoms with Gasteiger partial charge in [0, 0.05) is 25.7 Å². The van der Waals surface area contributed by atoms with Crippen molar-refractivity contribution in [2.75, 3.05) is 25.5 Å². The molecule has 6 heteroatoms. The van der Waals surface area contributed by atoms with Gasteiger partial charge in [0.15, 0.2) is 0 Å². The molecule has 1 N–H and O–H groups in total. The van der Waals surface area contributed by atoms with Crippen LogP contribution in [0.5, 0.6) is 5.75 Å². The van der Waals surface area contributed by atoms with Crippen molar-refractivity contribution in [3.8, 4) is 5.75 Å². The van der Waals surface area contributed by atoms with E-state index in [0.717, 1.165) is 18.6 Å². The third-order valence-electron chi connectivity index (χ3n) is 5.16. The monoisotopic (exact) mass is 388 g/mol. The first-order chi connectivity index (χ1) is 14.2. The van der Waals surface area contributed by atoms with Crippen molar-refractivity contribution in [3.05, 3.63) is 83.3 Å². The zero-order chi connectivity index (χ0) is 20.1. The molecular formula is C23H24N4O2. The molecule has 1 amide bonds. The molecule has 1 aliphatic rings. The third-order valence-corrected chi connectivity index (χ3v) is 5.16. The van der Waals surface area contributed by atoms with E-state index >= 15 is 0 Å². The molecule has 0 spiro atoms. The van der Waals surface area contributed by atoms with Crippen molar-refractivity contribution in [2.45, 2.75) is 19.4 Å². The number of aromatic nitrogens is 2. The summed E-state index contributed by atoms with van der Waals surface area (Å²) >= 11 is 0. The van der Waals surface area contributed by atoms with Gasteiger partial charge in [-0.25, -0.2) is 9.97 Å².